The number of H-pyrrole nitrogens is 2. The van der Waals surface area contributed by atoms with Gasteiger partial charge in [-0.15, -0.1) is 0 Å². The lowest BCUT2D eigenvalue weighted by molar-refractivity contribution is 0.460. The third-order valence-corrected chi connectivity index (χ3v) is 6.39. The minimum atomic E-state index is 0.540. The molecule has 0 bridgehead atoms. The summed E-state index contributed by atoms with van der Waals surface area (Å²) in [4.78, 5) is 17.3. The van der Waals surface area contributed by atoms with Gasteiger partial charge in [0.15, 0.2) is 17.1 Å². The highest BCUT2D eigenvalue weighted by atomic mass is 32.1. The number of imidazole rings is 1. The van der Waals surface area contributed by atoms with Crippen molar-refractivity contribution in [2.24, 2.45) is 0 Å². The zero-order valence-electron chi connectivity index (χ0n) is 15.6. The normalized spacial score (nSPS) is 15.4. The van der Waals surface area contributed by atoms with Crippen LogP contribution in [0.3, 0.4) is 0 Å². The molecule has 8 heteroatoms. The van der Waals surface area contributed by atoms with Gasteiger partial charge in [-0.2, -0.15) is 16.4 Å². The van der Waals surface area contributed by atoms with Gasteiger partial charge in [0.25, 0.3) is 0 Å². The van der Waals surface area contributed by atoms with Gasteiger partial charge in [-0.25, -0.2) is 15.0 Å². The Bertz CT molecular complexity index is 1300. The zero-order valence-corrected chi connectivity index (χ0v) is 16.5. The number of nitrogens with one attached hydrogen (secondary N) is 3. The third kappa shape index (κ3) is 2.83. The van der Waals surface area contributed by atoms with Crippen LogP contribution in [0.25, 0.3) is 44.8 Å². The number of aromatic nitrogens is 6. The standard InChI is InChI=1S/C21H19N7S/c1-5-22-6-2-12(1)14-9-16-18(27-28-19(16)24-10-14)21-25-17-15(13-4-8-29-11-13)3-7-23-20(17)26-21/h3-4,7-12,22H,1-2,5-6H2,(H,23,25,26)(H,24,27,28). The molecule has 3 N–H and O–H groups in total. The molecule has 0 amide bonds. The van der Waals surface area contributed by atoms with Gasteiger partial charge < -0.3 is 10.3 Å². The molecule has 0 aromatic carbocycles. The quantitative estimate of drug-likeness (QED) is 0.423. The van der Waals surface area contributed by atoms with E-state index in [2.05, 4.69) is 53.4 Å². The molecule has 0 unspecified atom stereocenters. The lowest BCUT2D eigenvalue weighted by Gasteiger charge is -2.22. The zero-order chi connectivity index (χ0) is 19.2. The van der Waals surface area contributed by atoms with Crippen molar-refractivity contribution in [1.82, 2.24) is 35.5 Å². The number of hydrogen-bond donors (Lipinski definition) is 3. The predicted molar refractivity (Wildman–Crippen MR) is 115 cm³/mol. The van der Waals surface area contributed by atoms with Crippen molar-refractivity contribution in [1.29, 1.82) is 0 Å². The molecular formula is C21H19N7S. The van der Waals surface area contributed by atoms with Crippen LogP contribution in [0, 0.1) is 0 Å². The first kappa shape index (κ1) is 16.8. The molecule has 6 rings (SSSR count). The number of hydrogen-bond acceptors (Lipinski definition) is 6. The third-order valence-electron chi connectivity index (χ3n) is 5.70. The van der Waals surface area contributed by atoms with E-state index in [0.717, 1.165) is 53.9 Å². The van der Waals surface area contributed by atoms with Gasteiger partial charge in [0.2, 0.25) is 0 Å². The molecule has 0 spiro atoms. The van der Waals surface area contributed by atoms with E-state index in [1.807, 2.05) is 18.5 Å². The van der Waals surface area contributed by atoms with Crippen LogP contribution in [-0.2, 0) is 0 Å². The first-order chi connectivity index (χ1) is 14.4. The maximum Gasteiger partial charge on any atom is 0.181 e. The number of nitrogens with zero attached hydrogens (tertiary/aromatic N) is 4. The Morgan fingerprint density at radius 3 is 2.86 bits per heavy atom. The van der Waals surface area contributed by atoms with Crippen LogP contribution in [0.1, 0.15) is 24.3 Å². The van der Waals surface area contributed by atoms with Crippen molar-refractivity contribution in [3.63, 3.8) is 0 Å². The summed E-state index contributed by atoms with van der Waals surface area (Å²) in [6.45, 7) is 2.11. The fourth-order valence-corrected chi connectivity index (χ4v) is 4.82. The molecular weight excluding hydrogens is 382 g/mol. The highest BCUT2D eigenvalue weighted by Crippen LogP contribution is 2.33. The summed E-state index contributed by atoms with van der Waals surface area (Å²) >= 11 is 1.68. The first-order valence-electron chi connectivity index (χ1n) is 9.79. The highest BCUT2D eigenvalue weighted by molar-refractivity contribution is 7.08. The van der Waals surface area contributed by atoms with E-state index in [1.165, 1.54) is 11.1 Å². The summed E-state index contributed by atoms with van der Waals surface area (Å²) < 4.78 is 0. The average Bonchev–Trinajstić information content (AvgIpc) is 3.52. The Morgan fingerprint density at radius 1 is 1.07 bits per heavy atom. The van der Waals surface area contributed by atoms with Gasteiger partial charge in [0.1, 0.15) is 5.69 Å². The van der Waals surface area contributed by atoms with E-state index in [4.69, 9.17) is 4.98 Å². The number of thiophene rings is 1. The second-order valence-electron chi connectivity index (χ2n) is 7.42. The van der Waals surface area contributed by atoms with Crippen molar-refractivity contribution in [3.05, 3.63) is 46.9 Å². The smallest absolute Gasteiger partial charge is 0.181 e. The maximum absolute atomic E-state index is 4.75. The van der Waals surface area contributed by atoms with Gasteiger partial charge in [0.05, 0.1) is 10.9 Å². The monoisotopic (exact) mass is 401 g/mol. The molecule has 6 heterocycles. The Morgan fingerprint density at radius 2 is 2.00 bits per heavy atom. The van der Waals surface area contributed by atoms with Crippen LogP contribution in [0.2, 0.25) is 0 Å². The predicted octanol–water partition coefficient (Wildman–Crippen LogP) is 4.09. The van der Waals surface area contributed by atoms with Gasteiger partial charge in [-0.05, 0) is 71.9 Å². The van der Waals surface area contributed by atoms with Crippen molar-refractivity contribution in [3.8, 4) is 22.6 Å². The molecule has 5 aromatic heterocycles. The lowest BCUT2D eigenvalue weighted by Crippen LogP contribution is -2.26. The Hall–Kier alpha value is -3.10. The van der Waals surface area contributed by atoms with Gasteiger partial charge in [-0.1, -0.05) is 0 Å². The maximum atomic E-state index is 4.75. The van der Waals surface area contributed by atoms with Gasteiger partial charge in [-0.3, -0.25) is 5.10 Å². The summed E-state index contributed by atoms with van der Waals surface area (Å²) in [5.74, 6) is 1.28. The van der Waals surface area contributed by atoms with Crippen molar-refractivity contribution >= 4 is 33.5 Å². The minimum Gasteiger partial charge on any atom is -0.335 e. The fourth-order valence-electron chi connectivity index (χ4n) is 4.16. The molecule has 1 fully saturated rings. The second kappa shape index (κ2) is 6.75. The molecule has 1 aliphatic rings. The average molecular weight is 401 g/mol. The minimum absolute atomic E-state index is 0.540. The van der Waals surface area contributed by atoms with E-state index >= 15 is 0 Å². The lowest BCUT2D eigenvalue weighted by atomic mass is 9.91. The van der Waals surface area contributed by atoms with Crippen LogP contribution < -0.4 is 5.32 Å². The second-order valence-corrected chi connectivity index (χ2v) is 8.20. The SMILES string of the molecule is c1cc(-c2ccsc2)c2[nH]c(-c3[nH]nc4ncc(C5CCNCC5)cc34)nc2n1. The Balaban J connectivity index is 1.48. The molecule has 0 atom stereocenters. The summed E-state index contributed by atoms with van der Waals surface area (Å²) in [5, 5.41) is 16.2. The molecule has 1 aliphatic heterocycles. The van der Waals surface area contributed by atoms with E-state index in [9.17, 15) is 0 Å². The number of rotatable bonds is 3. The molecule has 29 heavy (non-hydrogen) atoms. The summed E-state index contributed by atoms with van der Waals surface area (Å²) in [7, 11) is 0. The number of piperidine rings is 1. The van der Waals surface area contributed by atoms with Crippen LogP contribution in [0.4, 0.5) is 0 Å². The fraction of sp³-hybridized carbons (Fsp3) is 0.238. The van der Waals surface area contributed by atoms with Crippen molar-refractivity contribution in [2.75, 3.05) is 13.1 Å². The van der Waals surface area contributed by atoms with Crippen molar-refractivity contribution < 1.29 is 0 Å². The molecule has 144 valence electrons. The molecule has 0 radical (unpaired) electrons. The molecule has 1 saturated heterocycles. The Labute approximate surface area is 170 Å². The topological polar surface area (TPSA) is 95.2 Å². The van der Waals surface area contributed by atoms with Crippen LogP contribution >= 0.6 is 11.3 Å². The number of fused-ring (bicyclic) bond motifs is 2. The Kier molecular flexibility index (Phi) is 3.92. The largest absolute Gasteiger partial charge is 0.335 e. The molecule has 0 aliphatic carbocycles. The van der Waals surface area contributed by atoms with Crippen LogP contribution in [0.15, 0.2) is 41.4 Å². The first-order valence-corrected chi connectivity index (χ1v) is 10.7. The number of aromatic amines is 2. The van der Waals surface area contributed by atoms with Crippen molar-refractivity contribution in [2.45, 2.75) is 18.8 Å². The van der Waals surface area contributed by atoms with E-state index in [-0.39, 0.29) is 0 Å². The summed E-state index contributed by atoms with van der Waals surface area (Å²) in [6, 6.07) is 6.35. The number of pyridine rings is 2. The molecule has 0 saturated carbocycles. The van der Waals surface area contributed by atoms with E-state index < -0.39 is 0 Å². The van der Waals surface area contributed by atoms with Gasteiger partial charge in [0, 0.05) is 18.0 Å². The summed E-state index contributed by atoms with van der Waals surface area (Å²) in [5.41, 5.74) is 6.76. The molecule has 5 aromatic rings. The highest BCUT2D eigenvalue weighted by Gasteiger charge is 2.19. The van der Waals surface area contributed by atoms with E-state index in [1.54, 1.807) is 11.3 Å². The van der Waals surface area contributed by atoms with E-state index in [0.29, 0.717) is 17.2 Å². The summed E-state index contributed by atoms with van der Waals surface area (Å²) in [6.07, 6.45) is 6.05. The molecule has 7 nitrogen and oxygen atoms in total. The van der Waals surface area contributed by atoms with Crippen LogP contribution in [-0.4, -0.2) is 43.2 Å². The van der Waals surface area contributed by atoms with Crippen LogP contribution in [0.5, 0.6) is 0 Å². The van der Waals surface area contributed by atoms with Gasteiger partial charge >= 0.3 is 0 Å².